The maximum absolute atomic E-state index is 14.9. The second-order valence-electron chi connectivity index (χ2n) is 15.9. The van der Waals surface area contributed by atoms with Gasteiger partial charge in [-0.1, -0.05) is 82.5 Å². The molecule has 1 heterocycles. The number of Topliss-reactive ketones (excluding diaryl/α,β-unsaturated/α-hetero) is 1. The van der Waals surface area contributed by atoms with Crippen molar-refractivity contribution in [3.05, 3.63) is 59.7 Å². The van der Waals surface area contributed by atoms with Gasteiger partial charge in [-0.15, -0.1) is 6.58 Å². The Morgan fingerprint density at radius 1 is 1.02 bits per heavy atom. The van der Waals surface area contributed by atoms with Gasteiger partial charge in [-0.3, -0.25) is 19.2 Å². The largest absolute Gasteiger partial charge is 0.346 e. The molecule has 14 heteroatoms. The Morgan fingerprint density at radius 3 is 2.19 bits per heavy atom. The first kappa shape index (κ1) is 44.4. The number of hydrogen-bond acceptors (Lipinski definition) is 7. The number of ketones is 1. The van der Waals surface area contributed by atoms with Crippen molar-refractivity contribution >= 4 is 39.6 Å². The van der Waals surface area contributed by atoms with Crippen LogP contribution in [0.5, 0.6) is 0 Å². The molecule has 1 unspecified atom stereocenters. The lowest BCUT2D eigenvalue weighted by Crippen LogP contribution is -2.61. The first-order valence-electron chi connectivity index (χ1n) is 19.1. The van der Waals surface area contributed by atoms with Crippen LogP contribution in [0.2, 0.25) is 0 Å². The molecule has 5 amide bonds. The predicted octanol–water partition coefficient (Wildman–Crippen LogP) is 3.50. The van der Waals surface area contributed by atoms with Crippen molar-refractivity contribution in [1.82, 2.24) is 30.5 Å². The van der Waals surface area contributed by atoms with Gasteiger partial charge in [0, 0.05) is 38.6 Å². The van der Waals surface area contributed by atoms with E-state index >= 15 is 0 Å². The van der Waals surface area contributed by atoms with E-state index in [1.54, 1.807) is 6.92 Å². The molecule has 0 aromatic heterocycles. The van der Waals surface area contributed by atoms with E-state index in [2.05, 4.69) is 27.8 Å². The van der Waals surface area contributed by atoms with Gasteiger partial charge in [-0.05, 0) is 68.9 Å². The summed E-state index contributed by atoms with van der Waals surface area (Å²) >= 11 is 0. The lowest BCUT2D eigenvalue weighted by Gasteiger charge is -2.36. The molecule has 2 aliphatic rings. The Morgan fingerprint density at radius 2 is 1.65 bits per heavy atom. The highest BCUT2D eigenvalue weighted by molar-refractivity contribution is 7.89. The minimum absolute atomic E-state index is 0.0306. The molecule has 5 atom stereocenters. The second-order valence-corrected chi connectivity index (χ2v) is 18.2. The molecule has 1 saturated heterocycles. The number of urea groups is 1. The first-order chi connectivity index (χ1) is 25.3. The maximum Gasteiger partial charge on any atom is 0.315 e. The molecule has 1 aromatic carbocycles. The van der Waals surface area contributed by atoms with Crippen LogP contribution >= 0.6 is 0 Å². The van der Waals surface area contributed by atoms with Gasteiger partial charge in [0.05, 0.1) is 11.8 Å². The van der Waals surface area contributed by atoms with Crippen LogP contribution in [0.25, 0.3) is 0 Å². The molecule has 1 aliphatic heterocycles. The van der Waals surface area contributed by atoms with Crippen molar-refractivity contribution in [1.29, 1.82) is 0 Å². The van der Waals surface area contributed by atoms with Gasteiger partial charge in [-0.2, -0.15) is 0 Å². The Bertz CT molecular complexity index is 1640. The molecule has 0 radical (unpaired) electrons. The molecule has 3 rings (SSSR count). The van der Waals surface area contributed by atoms with Gasteiger partial charge in [0.25, 0.3) is 5.91 Å². The fraction of sp³-hybridized carbons (Fsp3) is 0.625. The van der Waals surface area contributed by atoms with Crippen LogP contribution in [-0.2, 0) is 42.0 Å². The molecule has 13 nitrogen and oxygen atoms in total. The smallest absolute Gasteiger partial charge is 0.315 e. The zero-order valence-corrected chi connectivity index (χ0v) is 34.2. The van der Waals surface area contributed by atoms with Gasteiger partial charge in [0.15, 0.2) is 0 Å². The molecule has 54 heavy (non-hydrogen) atoms. The van der Waals surface area contributed by atoms with E-state index in [4.69, 9.17) is 0 Å². The van der Waals surface area contributed by atoms with Crippen molar-refractivity contribution in [2.75, 3.05) is 32.4 Å². The van der Waals surface area contributed by atoms with Crippen molar-refractivity contribution in [2.45, 2.75) is 111 Å². The molecule has 1 aromatic rings. The quantitative estimate of drug-likeness (QED) is 0.131. The number of carbonyl (C=O) groups is 5. The lowest BCUT2D eigenvalue weighted by atomic mass is 9.86. The molecule has 0 bridgehead atoms. The number of allylic oxidation sites excluding steroid dienone is 1. The minimum Gasteiger partial charge on any atom is -0.346 e. The summed E-state index contributed by atoms with van der Waals surface area (Å²) < 4.78 is 26.5. The Kier molecular flexibility index (Phi) is 16.0. The van der Waals surface area contributed by atoms with Crippen molar-refractivity contribution in [2.24, 2.45) is 17.3 Å². The molecule has 1 aliphatic carbocycles. The summed E-state index contributed by atoms with van der Waals surface area (Å²) in [4.78, 5) is 70.5. The predicted molar refractivity (Wildman–Crippen MR) is 211 cm³/mol. The van der Waals surface area contributed by atoms with Crippen molar-refractivity contribution in [3.63, 3.8) is 0 Å². The highest BCUT2D eigenvalue weighted by atomic mass is 32.2. The number of rotatable bonds is 18. The third-order valence-corrected chi connectivity index (χ3v) is 12.2. The summed E-state index contributed by atoms with van der Waals surface area (Å²) in [6.45, 7) is 17.0. The molecule has 300 valence electrons. The first-order valence-corrected chi connectivity index (χ1v) is 20.7. The summed E-state index contributed by atoms with van der Waals surface area (Å²) in [5.41, 5.74) is 2.57. The standard InChI is InChI=1S/C40H62N6O7S/c1-10-13-18-31(35(47)37(49)41-20-11-2)42-36(48)34-29(22-26(4)5)19-21-46(34)38(50)33(30-23-27-16-14-15-17-28(27)24-30)44-39(51)43-32(40(6,7)8)25-45(9)54(52,53)12-3/h11,14-17,22,29-34H,2,10,12-13,18-21,23-25H2,1,3-9H3,(H,41,49)(H,42,48)(H2,43,44,51)/t29-,31?,32-,33+,34+/m1/s1. The molecule has 4 N–H and O–H groups in total. The Hall–Kier alpha value is -4.04. The maximum atomic E-state index is 14.9. The zero-order valence-electron chi connectivity index (χ0n) is 33.4. The van der Waals surface area contributed by atoms with Gasteiger partial charge in [-0.25, -0.2) is 17.5 Å². The number of benzene rings is 1. The summed E-state index contributed by atoms with van der Waals surface area (Å²) in [7, 11) is -2.05. The second kappa shape index (κ2) is 19.5. The third-order valence-electron chi connectivity index (χ3n) is 10.4. The molecular weight excluding hydrogens is 709 g/mol. The number of fused-ring (bicyclic) bond motifs is 1. The van der Waals surface area contributed by atoms with Gasteiger partial charge in [0.2, 0.25) is 27.6 Å². The fourth-order valence-electron chi connectivity index (χ4n) is 7.20. The van der Waals surface area contributed by atoms with Gasteiger partial charge >= 0.3 is 6.03 Å². The Labute approximate surface area is 322 Å². The summed E-state index contributed by atoms with van der Waals surface area (Å²) in [6.07, 6.45) is 6.54. The summed E-state index contributed by atoms with van der Waals surface area (Å²) in [6, 6.07) is 3.55. The number of carbonyl (C=O) groups excluding carboxylic acids is 5. The monoisotopic (exact) mass is 770 g/mol. The van der Waals surface area contributed by atoms with E-state index < -0.39 is 69.1 Å². The number of likely N-dealkylation sites (N-methyl/N-ethyl adjacent to an activating group) is 1. The zero-order chi connectivity index (χ0) is 40.4. The van der Waals surface area contributed by atoms with Crippen LogP contribution in [-0.4, -0.2) is 104 Å². The van der Waals surface area contributed by atoms with Crippen LogP contribution in [0.4, 0.5) is 4.79 Å². The van der Waals surface area contributed by atoms with Crippen LogP contribution in [0.3, 0.4) is 0 Å². The number of sulfonamides is 1. The van der Waals surface area contributed by atoms with Crippen LogP contribution in [0.1, 0.15) is 85.3 Å². The fourth-order valence-corrected chi connectivity index (χ4v) is 8.02. The van der Waals surface area contributed by atoms with E-state index in [1.165, 1.54) is 22.3 Å². The number of nitrogens with zero attached hydrogens (tertiary/aromatic N) is 2. The van der Waals surface area contributed by atoms with E-state index in [0.29, 0.717) is 25.7 Å². The number of unbranched alkanes of at least 4 members (excludes halogenated alkanes) is 1. The average Bonchev–Trinajstić information content (AvgIpc) is 3.74. The lowest BCUT2D eigenvalue weighted by molar-refractivity contribution is -0.143. The van der Waals surface area contributed by atoms with Crippen molar-refractivity contribution < 1.29 is 32.4 Å². The van der Waals surface area contributed by atoms with Crippen LogP contribution in [0, 0.1) is 17.3 Å². The van der Waals surface area contributed by atoms with Gasteiger partial charge < -0.3 is 26.2 Å². The van der Waals surface area contributed by atoms with E-state index in [1.807, 2.05) is 71.9 Å². The van der Waals surface area contributed by atoms with E-state index in [0.717, 1.165) is 23.1 Å². The number of nitrogens with one attached hydrogen (secondary N) is 4. The molecular formula is C40H62N6O7S. The minimum atomic E-state index is -3.53. The summed E-state index contributed by atoms with van der Waals surface area (Å²) in [5.74, 6) is -3.33. The van der Waals surface area contributed by atoms with Crippen LogP contribution in [0.15, 0.2) is 48.6 Å². The van der Waals surface area contributed by atoms with Gasteiger partial charge in [0.1, 0.15) is 12.1 Å². The normalized spacial score (nSPS) is 18.9. The molecule has 1 fully saturated rings. The Balaban J connectivity index is 1.98. The van der Waals surface area contributed by atoms with Crippen LogP contribution < -0.4 is 21.3 Å². The van der Waals surface area contributed by atoms with E-state index in [-0.39, 0.29) is 43.6 Å². The highest BCUT2D eigenvalue weighted by Gasteiger charge is 2.46. The highest BCUT2D eigenvalue weighted by Crippen LogP contribution is 2.33. The third kappa shape index (κ3) is 11.7. The molecule has 0 spiro atoms. The van der Waals surface area contributed by atoms with E-state index in [9.17, 15) is 32.4 Å². The number of amides is 5. The van der Waals surface area contributed by atoms with Crippen molar-refractivity contribution in [3.8, 4) is 0 Å². The summed E-state index contributed by atoms with van der Waals surface area (Å²) in [5, 5.41) is 11.3. The average molecular weight is 771 g/mol. The molecule has 0 saturated carbocycles. The topological polar surface area (TPSA) is 174 Å². The number of likely N-dealkylation sites (tertiary alicyclic amines) is 1. The SMILES string of the molecule is C=CCNC(=O)C(=O)C(CCCC)NC(=O)[C@@H]1[C@@H](C=C(C)C)CCN1C(=O)[C@@H](NC(=O)N[C@H](CN(C)S(=O)(=O)CC)C(C)(C)C)C1Cc2ccccc2C1. The number of hydrogen-bond donors (Lipinski definition) is 4.